The molecule has 28 heavy (non-hydrogen) atoms. The zero-order chi connectivity index (χ0) is 19.4. The number of benzene rings is 3. The minimum absolute atomic E-state index is 0.00562. The van der Waals surface area contributed by atoms with E-state index in [0.717, 1.165) is 5.56 Å². The molecule has 4 atom stereocenters. The van der Waals surface area contributed by atoms with Crippen LogP contribution in [0.4, 0.5) is 0 Å². The molecule has 0 spiro atoms. The van der Waals surface area contributed by atoms with Gasteiger partial charge in [-0.25, -0.2) is 0 Å². The quantitative estimate of drug-likeness (QED) is 0.662. The maximum atomic E-state index is 11.7. The maximum absolute atomic E-state index is 11.7. The van der Waals surface area contributed by atoms with E-state index in [0.29, 0.717) is 6.42 Å². The van der Waals surface area contributed by atoms with E-state index in [1.165, 1.54) is 11.1 Å². The Balaban J connectivity index is 1.72. The van der Waals surface area contributed by atoms with E-state index in [9.17, 15) is 5.11 Å². The number of aliphatic hydroxyl groups is 1. The first-order valence-corrected chi connectivity index (χ1v) is 9.91. The standard InChI is InChI=1S/C26H25NO/c1-20-25(23-15-9-4-10-16-23)27-24(22-13-7-3-8-14-22)19-26(20,28)18-17-21-11-5-2-6-12-21/h2-16,20,24-25,27-28H,19H2,1H3/p+1/t20-,24+,25+,26-/m1/s1. The summed E-state index contributed by atoms with van der Waals surface area (Å²) in [7, 11) is 0. The van der Waals surface area contributed by atoms with Crippen LogP contribution in [0.5, 0.6) is 0 Å². The van der Waals surface area contributed by atoms with Gasteiger partial charge in [0.15, 0.2) is 0 Å². The van der Waals surface area contributed by atoms with Gasteiger partial charge in [-0.15, -0.1) is 0 Å². The molecule has 1 heterocycles. The zero-order valence-electron chi connectivity index (χ0n) is 16.1. The fourth-order valence-corrected chi connectivity index (χ4v) is 4.17. The predicted molar refractivity (Wildman–Crippen MR) is 112 cm³/mol. The third kappa shape index (κ3) is 3.87. The molecule has 0 bridgehead atoms. The second kappa shape index (κ2) is 8.02. The van der Waals surface area contributed by atoms with Crippen LogP contribution >= 0.6 is 0 Å². The maximum Gasteiger partial charge on any atom is 0.140 e. The molecule has 2 heteroatoms. The van der Waals surface area contributed by atoms with Crippen LogP contribution in [0.3, 0.4) is 0 Å². The molecular formula is C26H26NO+. The lowest BCUT2D eigenvalue weighted by molar-refractivity contribution is -0.755. The minimum atomic E-state index is -1.05. The lowest BCUT2D eigenvalue weighted by Gasteiger charge is -2.42. The average molecular weight is 369 g/mol. The van der Waals surface area contributed by atoms with Gasteiger partial charge in [0.25, 0.3) is 0 Å². The Morgan fingerprint density at radius 2 is 1.36 bits per heavy atom. The number of quaternary nitrogens is 1. The highest BCUT2D eigenvalue weighted by molar-refractivity contribution is 5.37. The Morgan fingerprint density at radius 3 is 1.96 bits per heavy atom. The van der Waals surface area contributed by atoms with E-state index in [2.05, 4.69) is 72.6 Å². The topological polar surface area (TPSA) is 36.8 Å². The summed E-state index contributed by atoms with van der Waals surface area (Å²) in [5, 5.41) is 14.1. The minimum Gasteiger partial charge on any atom is -0.377 e. The van der Waals surface area contributed by atoms with Crippen LogP contribution in [-0.4, -0.2) is 10.7 Å². The lowest BCUT2D eigenvalue weighted by atomic mass is 9.72. The van der Waals surface area contributed by atoms with Crippen LogP contribution in [0, 0.1) is 17.8 Å². The Kier molecular flexibility index (Phi) is 5.30. The largest absolute Gasteiger partial charge is 0.377 e. The van der Waals surface area contributed by atoms with Crippen molar-refractivity contribution in [2.45, 2.75) is 31.0 Å². The van der Waals surface area contributed by atoms with Crippen LogP contribution in [0.15, 0.2) is 91.0 Å². The van der Waals surface area contributed by atoms with Crippen LogP contribution < -0.4 is 5.32 Å². The van der Waals surface area contributed by atoms with Crippen molar-refractivity contribution >= 4 is 0 Å². The van der Waals surface area contributed by atoms with Crippen molar-refractivity contribution in [3.8, 4) is 11.8 Å². The van der Waals surface area contributed by atoms with E-state index >= 15 is 0 Å². The molecule has 0 amide bonds. The molecule has 1 aliphatic rings. The van der Waals surface area contributed by atoms with E-state index in [1.54, 1.807) is 0 Å². The second-order valence-corrected chi connectivity index (χ2v) is 7.68. The smallest absolute Gasteiger partial charge is 0.140 e. The van der Waals surface area contributed by atoms with Gasteiger partial charge in [-0.3, -0.25) is 0 Å². The normalized spacial score (nSPS) is 26.9. The molecule has 2 nitrogen and oxygen atoms in total. The molecule has 0 radical (unpaired) electrons. The van der Waals surface area contributed by atoms with E-state index in [4.69, 9.17) is 0 Å². The Bertz CT molecular complexity index is 959. The van der Waals surface area contributed by atoms with Gasteiger partial charge >= 0.3 is 0 Å². The number of rotatable bonds is 2. The van der Waals surface area contributed by atoms with Crippen molar-refractivity contribution in [2.75, 3.05) is 0 Å². The third-order valence-corrected chi connectivity index (χ3v) is 5.87. The van der Waals surface area contributed by atoms with Crippen molar-refractivity contribution in [3.63, 3.8) is 0 Å². The first kappa shape index (κ1) is 18.5. The second-order valence-electron chi connectivity index (χ2n) is 7.68. The van der Waals surface area contributed by atoms with Crippen molar-refractivity contribution in [1.29, 1.82) is 0 Å². The van der Waals surface area contributed by atoms with Gasteiger partial charge in [0.1, 0.15) is 17.7 Å². The van der Waals surface area contributed by atoms with E-state index in [-0.39, 0.29) is 18.0 Å². The van der Waals surface area contributed by atoms with Gasteiger partial charge in [0, 0.05) is 23.1 Å². The summed E-state index contributed by atoms with van der Waals surface area (Å²) >= 11 is 0. The van der Waals surface area contributed by atoms with Crippen molar-refractivity contribution < 1.29 is 10.4 Å². The molecule has 3 N–H and O–H groups in total. The highest BCUT2D eigenvalue weighted by Crippen LogP contribution is 2.38. The Hall–Kier alpha value is -2.86. The number of piperidine rings is 1. The molecule has 3 aromatic rings. The molecule has 1 aliphatic heterocycles. The molecule has 0 aromatic heterocycles. The molecular weight excluding hydrogens is 342 g/mol. The van der Waals surface area contributed by atoms with Gasteiger partial charge in [-0.05, 0) is 12.1 Å². The fraction of sp³-hybridized carbons (Fsp3) is 0.231. The summed E-state index contributed by atoms with van der Waals surface area (Å²) in [4.78, 5) is 0. The van der Waals surface area contributed by atoms with E-state index < -0.39 is 5.60 Å². The Morgan fingerprint density at radius 1 is 0.821 bits per heavy atom. The predicted octanol–water partition coefficient (Wildman–Crippen LogP) is 3.86. The molecule has 0 saturated carbocycles. The van der Waals surface area contributed by atoms with Crippen molar-refractivity contribution in [1.82, 2.24) is 0 Å². The molecule has 1 fully saturated rings. The van der Waals surface area contributed by atoms with Gasteiger partial charge < -0.3 is 10.4 Å². The summed E-state index contributed by atoms with van der Waals surface area (Å²) in [6.07, 6.45) is 0.612. The molecule has 3 aromatic carbocycles. The third-order valence-electron chi connectivity index (χ3n) is 5.87. The number of nitrogens with two attached hydrogens (primary N) is 1. The highest BCUT2D eigenvalue weighted by Gasteiger charge is 2.48. The van der Waals surface area contributed by atoms with Crippen LogP contribution in [0.1, 0.15) is 42.1 Å². The molecule has 0 aliphatic carbocycles. The summed E-state index contributed by atoms with van der Waals surface area (Å²) < 4.78 is 0. The van der Waals surface area contributed by atoms with E-state index in [1.807, 2.05) is 42.5 Å². The Labute approximate surface area is 167 Å². The van der Waals surface area contributed by atoms with Gasteiger partial charge in [-0.1, -0.05) is 97.6 Å². The number of hydrogen-bond acceptors (Lipinski definition) is 1. The first-order chi connectivity index (χ1) is 13.7. The number of hydrogen-bond donors (Lipinski definition) is 2. The van der Waals surface area contributed by atoms with Crippen molar-refractivity contribution in [2.24, 2.45) is 5.92 Å². The summed E-state index contributed by atoms with van der Waals surface area (Å²) in [6.45, 7) is 2.12. The fourth-order valence-electron chi connectivity index (χ4n) is 4.17. The first-order valence-electron chi connectivity index (χ1n) is 9.91. The molecule has 0 unspecified atom stereocenters. The lowest BCUT2D eigenvalue weighted by Crippen LogP contribution is -2.91. The van der Waals surface area contributed by atoms with Crippen LogP contribution in [0.2, 0.25) is 0 Å². The van der Waals surface area contributed by atoms with Gasteiger partial charge in [0.2, 0.25) is 0 Å². The average Bonchev–Trinajstić information content (AvgIpc) is 2.76. The van der Waals surface area contributed by atoms with Gasteiger partial charge in [0.05, 0.1) is 5.92 Å². The monoisotopic (exact) mass is 368 g/mol. The van der Waals surface area contributed by atoms with Crippen LogP contribution in [-0.2, 0) is 0 Å². The summed E-state index contributed by atoms with van der Waals surface area (Å²) in [6, 6.07) is 31.1. The molecule has 140 valence electrons. The summed E-state index contributed by atoms with van der Waals surface area (Å²) in [5.41, 5.74) is 2.35. The van der Waals surface area contributed by atoms with Crippen LogP contribution in [0.25, 0.3) is 0 Å². The van der Waals surface area contributed by atoms with Gasteiger partial charge in [-0.2, -0.15) is 0 Å². The SMILES string of the molecule is C[C@@H]1[C@@H](c2ccccc2)[NH2+][C@H](c2ccccc2)C[C@]1(O)C#Cc1ccccc1. The van der Waals surface area contributed by atoms with Crippen molar-refractivity contribution in [3.05, 3.63) is 108 Å². The molecule has 4 rings (SSSR count). The summed E-state index contributed by atoms with van der Waals surface area (Å²) in [5.74, 6) is 6.47. The highest BCUT2D eigenvalue weighted by atomic mass is 16.3. The zero-order valence-corrected chi connectivity index (χ0v) is 16.1. The molecule has 1 saturated heterocycles.